The topological polar surface area (TPSA) is 88.1 Å². The summed E-state index contributed by atoms with van der Waals surface area (Å²) in [7, 11) is 1.60. The molecule has 2 N–H and O–H groups in total. The molecule has 2 fully saturated rings. The third kappa shape index (κ3) is 7.26. The fourth-order valence-corrected chi connectivity index (χ4v) is 4.42. The van der Waals surface area contributed by atoms with Crippen LogP contribution >= 0.6 is 0 Å². The first-order chi connectivity index (χ1) is 15.4. The maximum atomic E-state index is 12.2. The minimum absolute atomic E-state index is 0.0597. The first kappa shape index (κ1) is 24.1. The van der Waals surface area contributed by atoms with Crippen LogP contribution < -0.4 is 14.8 Å². The molecule has 176 valence electrons. The monoisotopic (exact) mass is 444 g/mol. The molecule has 3 rings (SSSR count). The summed E-state index contributed by atoms with van der Waals surface area (Å²) in [6.07, 6.45) is 9.20. The zero-order valence-electron chi connectivity index (χ0n) is 19.2. The third-order valence-electron chi connectivity index (χ3n) is 6.58. The van der Waals surface area contributed by atoms with Crippen LogP contribution in [0.4, 0.5) is 0 Å². The summed E-state index contributed by atoms with van der Waals surface area (Å²) in [6.45, 7) is 5.08. The molecule has 2 aliphatic rings. The number of methoxy groups -OCH3 is 1. The number of hydrogen-bond acceptors (Lipinski definition) is 5. The molecule has 0 unspecified atom stereocenters. The average Bonchev–Trinajstić information content (AvgIpc) is 2.80. The largest absolute Gasteiger partial charge is 0.493 e. The molecule has 32 heavy (non-hydrogen) atoms. The van der Waals surface area contributed by atoms with Gasteiger partial charge in [-0.3, -0.25) is 14.5 Å². The number of aliphatic carboxylic acids is 1. The number of nitrogens with zero attached hydrogens (tertiary/aromatic N) is 1. The second-order valence-corrected chi connectivity index (χ2v) is 9.01. The molecule has 0 atom stereocenters. The normalized spacial score (nSPS) is 22.6. The molecule has 1 heterocycles. The molecule has 0 aromatic heterocycles. The van der Waals surface area contributed by atoms with Crippen molar-refractivity contribution in [2.45, 2.75) is 51.5 Å². The second kappa shape index (κ2) is 11.9. The first-order valence-electron chi connectivity index (χ1n) is 11.7. The Morgan fingerprint density at radius 3 is 2.50 bits per heavy atom. The van der Waals surface area contributed by atoms with Gasteiger partial charge in [0.05, 0.1) is 13.0 Å². The van der Waals surface area contributed by atoms with Gasteiger partial charge in [0.25, 0.3) is 0 Å². The number of carbonyl (C=O) groups is 2. The number of piperidine rings is 1. The van der Waals surface area contributed by atoms with E-state index in [0.29, 0.717) is 30.9 Å². The number of carboxylic acids is 1. The Bertz CT molecular complexity index is 794. The summed E-state index contributed by atoms with van der Waals surface area (Å²) < 4.78 is 11.4. The predicted molar refractivity (Wildman–Crippen MR) is 124 cm³/mol. The quantitative estimate of drug-likeness (QED) is 0.566. The van der Waals surface area contributed by atoms with Crippen LogP contribution in [0.25, 0.3) is 6.08 Å². The molecule has 0 bridgehead atoms. The molecule has 1 aliphatic heterocycles. The fourth-order valence-electron chi connectivity index (χ4n) is 4.42. The molecule has 1 aliphatic carbocycles. The van der Waals surface area contributed by atoms with E-state index in [9.17, 15) is 9.59 Å². The van der Waals surface area contributed by atoms with Crippen LogP contribution in [0, 0.1) is 11.8 Å². The highest BCUT2D eigenvalue weighted by Crippen LogP contribution is 2.29. The van der Waals surface area contributed by atoms with Crippen molar-refractivity contribution in [1.29, 1.82) is 0 Å². The number of carboxylic acid groups (broad SMARTS) is 1. The smallest absolute Gasteiger partial charge is 0.306 e. The highest BCUT2D eigenvalue weighted by molar-refractivity contribution is 5.92. The van der Waals surface area contributed by atoms with Crippen molar-refractivity contribution in [3.05, 3.63) is 29.8 Å². The zero-order chi connectivity index (χ0) is 22.9. The van der Waals surface area contributed by atoms with Crippen LogP contribution in [0.5, 0.6) is 11.5 Å². The SMILES string of the molecule is COc1cc(/C=C/C(=O)NC2CCC(C)CC2)ccc1OCCN1CCC(C(=O)O)CC1. The highest BCUT2D eigenvalue weighted by atomic mass is 16.5. The molecule has 1 aromatic carbocycles. The lowest BCUT2D eigenvalue weighted by Crippen LogP contribution is -2.38. The van der Waals surface area contributed by atoms with Crippen LogP contribution in [0.2, 0.25) is 0 Å². The molecule has 7 heteroatoms. The van der Waals surface area contributed by atoms with Gasteiger partial charge in [-0.2, -0.15) is 0 Å². The summed E-state index contributed by atoms with van der Waals surface area (Å²) >= 11 is 0. The van der Waals surface area contributed by atoms with Gasteiger partial charge in [-0.25, -0.2) is 0 Å². The molecular weight excluding hydrogens is 408 g/mol. The van der Waals surface area contributed by atoms with Crippen molar-refractivity contribution in [3.63, 3.8) is 0 Å². The Balaban J connectivity index is 1.45. The lowest BCUT2D eigenvalue weighted by molar-refractivity contribution is -0.143. The summed E-state index contributed by atoms with van der Waals surface area (Å²) in [5, 5.41) is 12.2. The van der Waals surface area contributed by atoms with Crippen LogP contribution in [0.3, 0.4) is 0 Å². The predicted octanol–water partition coefficient (Wildman–Crippen LogP) is 3.58. The van der Waals surface area contributed by atoms with Crippen LogP contribution in [-0.4, -0.2) is 61.3 Å². The van der Waals surface area contributed by atoms with Gasteiger partial charge < -0.3 is 19.9 Å². The molecule has 1 amide bonds. The van der Waals surface area contributed by atoms with Crippen LogP contribution in [-0.2, 0) is 9.59 Å². The number of hydrogen-bond donors (Lipinski definition) is 2. The summed E-state index contributed by atoms with van der Waals surface area (Å²) in [5.74, 6) is 1.07. The molecule has 7 nitrogen and oxygen atoms in total. The molecule has 0 radical (unpaired) electrons. The van der Waals surface area contributed by atoms with Crippen molar-refractivity contribution in [2.24, 2.45) is 11.8 Å². The number of nitrogens with one attached hydrogen (secondary N) is 1. The third-order valence-corrected chi connectivity index (χ3v) is 6.58. The van der Waals surface area contributed by atoms with E-state index < -0.39 is 5.97 Å². The lowest BCUT2D eigenvalue weighted by Gasteiger charge is -2.29. The highest BCUT2D eigenvalue weighted by Gasteiger charge is 2.24. The maximum absolute atomic E-state index is 12.2. The molecule has 0 spiro atoms. The van der Waals surface area contributed by atoms with E-state index in [4.69, 9.17) is 14.6 Å². The van der Waals surface area contributed by atoms with Crippen LogP contribution in [0.15, 0.2) is 24.3 Å². The van der Waals surface area contributed by atoms with Crippen molar-refractivity contribution in [1.82, 2.24) is 10.2 Å². The Hall–Kier alpha value is -2.54. The summed E-state index contributed by atoms with van der Waals surface area (Å²) in [6, 6.07) is 5.90. The molecule has 1 aromatic rings. The minimum atomic E-state index is -0.694. The zero-order valence-corrected chi connectivity index (χ0v) is 19.2. The van der Waals surface area contributed by atoms with Crippen LogP contribution in [0.1, 0.15) is 51.0 Å². The van der Waals surface area contributed by atoms with Crippen molar-refractivity contribution >= 4 is 18.0 Å². The van der Waals surface area contributed by atoms with E-state index in [-0.39, 0.29) is 17.9 Å². The van der Waals surface area contributed by atoms with Gasteiger partial charge in [0, 0.05) is 18.7 Å². The Morgan fingerprint density at radius 2 is 1.84 bits per heavy atom. The van der Waals surface area contributed by atoms with Gasteiger partial charge in [-0.05, 0) is 81.3 Å². The van der Waals surface area contributed by atoms with Gasteiger partial charge in [-0.15, -0.1) is 0 Å². The molecular formula is C25H36N2O5. The van der Waals surface area contributed by atoms with E-state index in [1.54, 1.807) is 19.3 Å². The second-order valence-electron chi connectivity index (χ2n) is 9.01. The van der Waals surface area contributed by atoms with Crippen molar-refractivity contribution in [3.8, 4) is 11.5 Å². The lowest BCUT2D eigenvalue weighted by atomic mass is 9.87. The number of amides is 1. The van der Waals surface area contributed by atoms with E-state index >= 15 is 0 Å². The van der Waals surface area contributed by atoms with Gasteiger partial charge >= 0.3 is 5.97 Å². The maximum Gasteiger partial charge on any atom is 0.306 e. The number of carbonyl (C=O) groups excluding carboxylic acids is 1. The van der Waals surface area contributed by atoms with E-state index in [2.05, 4.69) is 17.1 Å². The van der Waals surface area contributed by atoms with Crippen molar-refractivity contribution in [2.75, 3.05) is 33.4 Å². The molecule has 1 saturated heterocycles. The Morgan fingerprint density at radius 1 is 1.12 bits per heavy atom. The first-order valence-corrected chi connectivity index (χ1v) is 11.7. The number of benzene rings is 1. The Kier molecular flexibility index (Phi) is 8.97. The fraction of sp³-hybridized carbons (Fsp3) is 0.600. The number of rotatable bonds is 9. The van der Waals surface area contributed by atoms with Gasteiger partial charge in [0.2, 0.25) is 5.91 Å². The summed E-state index contributed by atoms with van der Waals surface area (Å²) in [5.41, 5.74) is 0.873. The van der Waals surface area contributed by atoms with Gasteiger partial charge in [0.15, 0.2) is 11.5 Å². The number of likely N-dealkylation sites (tertiary alicyclic amines) is 1. The standard InChI is InChI=1S/C25H36N2O5/c1-18-3-7-21(8-4-18)26-24(28)10-6-19-5-9-22(23(17-19)31-2)32-16-15-27-13-11-20(12-14-27)25(29)30/h5-6,9-10,17-18,20-21H,3-4,7-8,11-16H2,1-2H3,(H,26,28)(H,29,30)/b10-6+. The Labute approximate surface area is 190 Å². The van der Waals surface area contributed by atoms with Gasteiger partial charge in [0.1, 0.15) is 6.61 Å². The summed E-state index contributed by atoms with van der Waals surface area (Å²) in [4.78, 5) is 25.5. The van der Waals surface area contributed by atoms with E-state index in [0.717, 1.165) is 44.0 Å². The van der Waals surface area contributed by atoms with E-state index in [1.165, 1.54) is 12.8 Å². The van der Waals surface area contributed by atoms with Crippen molar-refractivity contribution < 1.29 is 24.2 Å². The average molecular weight is 445 g/mol. The minimum Gasteiger partial charge on any atom is -0.493 e. The number of ether oxygens (including phenoxy) is 2. The molecule has 1 saturated carbocycles. The van der Waals surface area contributed by atoms with Gasteiger partial charge in [-0.1, -0.05) is 13.0 Å². The van der Waals surface area contributed by atoms with E-state index in [1.807, 2.05) is 18.2 Å².